The molecule has 2 heterocycles. The Kier molecular flexibility index (Phi) is 5.19. The lowest BCUT2D eigenvalue weighted by molar-refractivity contribution is -0.142. The Balaban J connectivity index is 1.86. The topological polar surface area (TPSA) is 79.3 Å². The number of carbonyl (C=O) groups excluding carboxylic acids is 1. The standard InChI is InChI=1S/C20H28O5/c1-12-6-4-8-13(2)17(22)18-15(14(3)19(23)24-18)10-16-20(11-21,25-16)9-5-7-12/h7-8,15-18,21-22H,3-6,9-11H2,1-2H3/b12-7-,13-8-/t15-,16-,17+,18-,20+/m1/s1. The molecule has 2 N–H and O–H groups in total. The van der Waals surface area contributed by atoms with E-state index in [-0.39, 0.29) is 18.6 Å². The van der Waals surface area contributed by atoms with Crippen molar-refractivity contribution in [2.75, 3.05) is 6.61 Å². The number of rotatable bonds is 1. The van der Waals surface area contributed by atoms with E-state index in [9.17, 15) is 15.0 Å². The molecular weight excluding hydrogens is 320 g/mol. The fraction of sp³-hybridized carbons (Fsp3) is 0.650. The Labute approximate surface area is 149 Å². The van der Waals surface area contributed by atoms with Crippen LogP contribution in [0, 0.1) is 5.92 Å². The average molecular weight is 348 g/mol. The number of esters is 1. The molecule has 0 bridgehead atoms. The first-order chi connectivity index (χ1) is 11.9. The van der Waals surface area contributed by atoms with Crippen LogP contribution in [-0.4, -0.2) is 46.7 Å². The molecule has 2 saturated heterocycles. The summed E-state index contributed by atoms with van der Waals surface area (Å²) in [6.45, 7) is 7.79. The van der Waals surface area contributed by atoms with E-state index in [1.807, 2.05) is 13.0 Å². The van der Waals surface area contributed by atoms with Gasteiger partial charge in [0.05, 0.1) is 12.7 Å². The highest BCUT2D eigenvalue weighted by Crippen LogP contribution is 2.47. The Morgan fingerprint density at radius 3 is 2.80 bits per heavy atom. The maximum Gasteiger partial charge on any atom is 0.334 e. The van der Waals surface area contributed by atoms with E-state index < -0.39 is 23.8 Å². The highest BCUT2D eigenvalue weighted by atomic mass is 16.6. The first-order valence-electron chi connectivity index (χ1n) is 9.07. The third-order valence-corrected chi connectivity index (χ3v) is 5.83. The van der Waals surface area contributed by atoms with Gasteiger partial charge < -0.3 is 19.7 Å². The first-order valence-corrected chi connectivity index (χ1v) is 9.07. The summed E-state index contributed by atoms with van der Waals surface area (Å²) in [7, 11) is 0. The first kappa shape index (κ1) is 18.4. The number of aliphatic hydroxyl groups is 2. The minimum absolute atomic E-state index is 0.0370. The summed E-state index contributed by atoms with van der Waals surface area (Å²) >= 11 is 0. The quantitative estimate of drug-likeness (QED) is 0.329. The Hall–Kier alpha value is -1.43. The molecule has 0 amide bonds. The Morgan fingerprint density at radius 2 is 2.08 bits per heavy atom. The normalized spacial score (nSPS) is 43.7. The summed E-state index contributed by atoms with van der Waals surface area (Å²) in [5.41, 5.74) is 1.96. The summed E-state index contributed by atoms with van der Waals surface area (Å²) in [4.78, 5) is 12.0. The van der Waals surface area contributed by atoms with Crippen LogP contribution < -0.4 is 0 Å². The van der Waals surface area contributed by atoms with Gasteiger partial charge in [0.2, 0.25) is 0 Å². The molecule has 0 saturated carbocycles. The molecule has 2 aliphatic heterocycles. The zero-order valence-electron chi connectivity index (χ0n) is 15.0. The Morgan fingerprint density at radius 1 is 1.32 bits per heavy atom. The third kappa shape index (κ3) is 3.59. The third-order valence-electron chi connectivity index (χ3n) is 5.83. The van der Waals surface area contributed by atoms with E-state index in [2.05, 4.69) is 19.6 Å². The van der Waals surface area contributed by atoms with Gasteiger partial charge in [-0.05, 0) is 51.5 Å². The number of hydrogen-bond donors (Lipinski definition) is 2. The number of aliphatic hydroxyl groups excluding tert-OH is 2. The summed E-state index contributed by atoms with van der Waals surface area (Å²) in [5, 5.41) is 20.5. The number of fused-ring (bicyclic) bond motifs is 2. The van der Waals surface area contributed by atoms with Gasteiger partial charge in [-0.3, -0.25) is 0 Å². The maximum absolute atomic E-state index is 12.0. The number of epoxide rings is 1. The van der Waals surface area contributed by atoms with Gasteiger partial charge >= 0.3 is 5.97 Å². The van der Waals surface area contributed by atoms with E-state index in [4.69, 9.17) is 9.47 Å². The fourth-order valence-corrected chi connectivity index (χ4v) is 3.95. The van der Waals surface area contributed by atoms with E-state index in [1.54, 1.807) is 0 Å². The number of carbonyl (C=O) groups is 1. The number of hydrogen-bond acceptors (Lipinski definition) is 5. The second-order valence-corrected chi connectivity index (χ2v) is 7.59. The molecule has 0 aromatic heterocycles. The minimum Gasteiger partial charge on any atom is -0.455 e. The highest BCUT2D eigenvalue weighted by molar-refractivity contribution is 5.91. The molecule has 3 aliphatic rings. The monoisotopic (exact) mass is 348 g/mol. The molecule has 0 radical (unpaired) electrons. The van der Waals surface area contributed by atoms with Crippen molar-refractivity contribution in [2.24, 2.45) is 5.92 Å². The van der Waals surface area contributed by atoms with Crippen LogP contribution in [-0.2, 0) is 14.3 Å². The van der Waals surface area contributed by atoms with E-state index >= 15 is 0 Å². The van der Waals surface area contributed by atoms with Crippen molar-refractivity contribution in [2.45, 2.75) is 69.9 Å². The van der Waals surface area contributed by atoms with E-state index in [0.29, 0.717) is 12.0 Å². The maximum atomic E-state index is 12.0. The van der Waals surface area contributed by atoms with Crippen LogP contribution in [0.4, 0.5) is 0 Å². The van der Waals surface area contributed by atoms with Gasteiger partial charge in [-0.1, -0.05) is 24.3 Å². The zero-order valence-corrected chi connectivity index (χ0v) is 15.0. The van der Waals surface area contributed by atoms with Crippen LogP contribution in [0.5, 0.6) is 0 Å². The van der Waals surface area contributed by atoms with Gasteiger partial charge in [-0.15, -0.1) is 0 Å². The molecule has 0 aromatic carbocycles. The van der Waals surface area contributed by atoms with Gasteiger partial charge in [0, 0.05) is 11.5 Å². The number of allylic oxidation sites excluding steroid dienone is 3. The summed E-state index contributed by atoms with van der Waals surface area (Å²) in [6, 6.07) is 0. The summed E-state index contributed by atoms with van der Waals surface area (Å²) in [5.74, 6) is -0.733. The van der Waals surface area contributed by atoms with Crippen LogP contribution >= 0.6 is 0 Å². The molecular formula is C20H28O5. The SMILES string of the molecule is C=C1C(=O)O[C@@H]2[C@@H]1C[C@H]1O[C@]1(CO)CC/C=C(/C)CC/C=C(/C)[C@@H]2O. The van der Waals surface area contributed by atoms with Crippen molar-refractivity contribution in [3.05, 3.63) is 35.5 Å². The van der Waals surface area contributed by atoms with Crippen LogP contribution in [0.2, 0.25) is 0 Å². The molecule has 3 rings (SSSR count). The summed E-state index contributed by atoms with van der Waals surface area (Å²) in [6.07, 6.45) is 6.51. The largest absolute Gasteiger partial charge is 0.455 e. The summed E-state index contributed by atoms with van der Waals surface area (Å²) < 4.78 is 11.3. The van der Waals surface area contributed by atoms with Crippen LogP contribution in [0.3, 0.4) is 0 Å². The molecule has 5 nitrogen and oxygen atoms in total. The smallest absolute Gasteiger partial charge is 0.334 e. The second kappa shape index (κ2) is 7.06. The van der Waals surface area contributed by atoms with Gasteiger partial charge in [-0.2, -0.15) is 0 Å². The minimum atomic E-state index is -0.845. The molecule has 0 aromatic rings. The average Bonchev–Trinajstić information content (AvgIpc) is 3.20. The lowest BCUT2D eigenvalue weighted by Gasteiger charge is -2.24. The second-order valence-electron chi connectivity index (χ2n) is 7.59. The molecule has 5 atom stereocenters. The van der Waals surface area contributed by atoms with Crippen molar-refractivity contribution in [1.82, 2.24) is 0 Å². The fourth-order valence-electron chi connectivity index (χ4n) is 3.95. The van der Waals surface area contributed by atoms with Crippen molar-refractivity contribution < 1.29 is 24.5 Å². The lowest BCUT2D eigenvalue weighted by Crippen LogP contribution is -2.34. The van der Waals surface area contributed by atoms with Gasteiger partial charge in [-0.25, -0.2) is 4.79 Å². The van der Waals surface area contributed by atoms with Gasteiger partial charge in [0.1, 0.15) is 17.8 Å². The van der Waals surface area contributed by atoms with Crippen molar-refractivity contribution in [3.63, 3.8) is 0 Å². The van der Waals surface area contributed by atoms with Crippen molar-refractivity contribution >= 4 is 5.97 Å². The van der Waals surface area contributed by atoms with E-state index in [1.165, 1.54) is 5.57 Å². The predicted octanol–water partition coefficient (Wildman–Crippen LogP) is 2.43. The number of ether oxygens (including phenoxy) is 2. The lowest BCUT2D eigenvalue weighted by atomic mass is 9.84. The molecule has 25 heavy (non-hydrogen) atoms. The van der Waals surface area contributed by atoms with E-state index in [0.717, 1.165) is 31.3 Å². The van der Waals surface area contributed by atoms with Crippen molar-refractivity contribution in [1.29, 1.82) is 0 Å². The molecule has 0 spiro atoms. The van der Waals surface area contributed by atoms with Crippen LogP contribution in [0.15, 0.2) is 35.5 Å². The van der Waals surface area contributed by atoms with Crippen molar-refractivity contribution in [3.8, 4) is 0 Å². The predicted molar refractivity (Wildman–Crippen MR) is 93.8 cm³/mol. The van der Waals surface area contributed by atoms with Crippen LogP contribution in [0.25, 0.3) is 0 Å². The molecule has 0 unspecified atom stereocenters. The molecule has 138 valence electrons. The van der Waals surface area contributed by atoms with Gasteiger partial charge in [0.15, 0.2) is 0 Å². The molecule has 5 heteroatoms. The van der Waals surface area contributed by atoms with Gasteiger partial charge in [0.25, 0.3) is 0 Å². The molecule has 2 fully saturated rings. The molecule has 1 aliphatic carbocycles. The van der Waals surface area contributed by atoms with Crippen LogP contribution in [0.1, 0.15) is 46.0 Å². The highest BCUT2D eigenvalue weighted by Gasteiger charge is 2.58. The zero-order chi connectivity index (χ0) is 18.2. The Bertz CT molecular complexity index is 620.